The highest BCUT2D eigenvalue weighted by molar-refractivity contribution is 5.87. The lowest BCUT2D eigenvalue weighted by Gasteiger charge is -2.19. The van der Waals surface area contributed by atoms with Crippen molar-refractivity contribution in [2.75, 3.05) is 6.61 Å². The summed E-state index contributed by atoms with van der Waals surface area (Å²) in [6.45, 7) is 5.71. The Morgan fingerprint density at radius 3 is 2.23 bits per heavy atom. The Hall–Kier alpha value is -0.830. The quantitative estimate of drug-likeness (QED) is 0.520. The van der Waals surface area contributed by atoms with Crippen LogP contribution < -0.4 is 0 Å². The van der Waals surface area contributed by atoms with Gasteiger partial charge < -0.3 is 10.2 Å². The number of rotatable bonds is 4. The molecule has 0 unspecified atom stereocenters. The van der Waals surface area contributed by atoms with Gasteiger partial charge in [-0.1, -0.05) is 26.8 Å². The predicted octanol–water partition coefficient (Wildman–Crippen LogP) is 1.82. The van der Waals surface area contributed by atoms with Crippen molar-refractivity contribution in [3.05, 3.63) is 11.6 Å². The molecule has 0 aromatic heterocycles. The van der Waals surface area contributed by atoms with Crippen molar-refractivity contribution in [2.45, 2.75) is 33.6 Å². The van der Waals surface area contributed by atoms with E-state index in [1.54, 1.807) is 6.08 Å². The summed E-state index contributed by atoms with van der Waals surface area (Å²) in [5.41, 5.74) is 0.0855. The van der Waals surface area contributed by atoms with Gasteiger partial charge in [-0.15, -0.1) is 0 Å². The maximum atomic E-state index is 10.8. The monoisotopic (exact) mass is 186 g/mol. The highest BCUT2D eigenvalue weighted by atomic mass is 16.4. The molecule has 0 saturated carbocycles. The average Bonchev–Trinajstić information content (AvgIpc) is 1.94. The average molecular weight is 186 g/mol. The van der Waals surface area contributed by atoms with E-state index in [4.69, 9.17) is 10.2 Å². The summed E-state index contributed by atoms with van der Waals surface area (Å²) in [5.74, 6) is -0.870. The van der Waals surface area contributed by atoms with Gasteiger partial charge >= 0.3 is 5.97 Å². The molecule has 0 aliphatic carbocycles. The molecule has 0 aromatic carbocycles. The molecule has 0 radical (unpaired) electrons. The van der Waals surface area contributed by atoms with E-state index in [9.17, 15) is 4.79 Å². The Balaban J connectivity index is 4.43. The van der Waals surface area contributed by atoms with Gasteiger partial charge in [0.2, 0.25) is 0 Å². The van der Waals surface area contributed by atoms with Gasteiger partial charge in [0.1, 0.15) is 0 Å². The first-order chi connectivity index (χ1) is 5.89. The van der Waals surface area contributed by atoms with Crippen molar-refractivity contribution in [3.63, 3.8) is 0 Å². The maximum absolute atomic E-state index is 10.8. The SMILES string of the molecule is CC(C)(C)C(=CCCCO)C(=O)O. The van der Waals surface area contributed by atoms with Crippen LogP contribution in [0.3, 0.4) is 0 Å². The third kappa shape index (κ3) is 4.68. The molecule has 0 amide bonds. The Kier molecular flexibility index (Phi) is 4.70. The van der Waals surface area contributed by atoms with Crippen molar-refractivity contribution in [1.82, 2.24) is 0 Å². The van der Waals surface area contributed by atoms with E-state index in [1.165, 1.54) is 0 Å². The number of aliphatic carboxylic acids is 1. The Morgan fingerprint density at radius 1 is 1.38 bits per heavy atom. The molecule has 0 aromatic rings. The second-order valence-corrected chi connectivity index (χ2v) is 4.04. The van der Waals surface area contributed by atoms with Crippen LogP contribution in [0.1, 0.15) is 33.6 Å². The van der Waals surface area contributed by atoms with Crippen LogP contribution in [0.25, 0.3) is 0 Å². The molecule has 0 rings (SSSR count). The van der Waals surface area contributed by atoms with E-state index >= 15 is 0 Å². The van der Waals surface area contributed by atoms with Crippen LogP contribution >= 0.6 is 0 Å². The first kappa shape index (κ1) is 12.2. The number of unbranched alkanes of at least 4 members (excludes halogenated alkanes) is 1. The molecule has 2 N–H and O–H groups in total. The molecule has 0 aliphatic rings. The number of aliphatic hydroxyl groups excluding tert-OH is 1. The van der Waals surface area contributed by atoms with Gasteiger partial charge in [0, 0.05) is 12.2 Å². The molecule has 3 heteroatoms. The smallest absolute Gasteiger partial charge is 0.331 e. The van der Waals surface area contributed by atoms with Crippen molar-refractivity contribution in [3.8, 4) is 0 Å². The maximum Gasteiger partial charge on any atom is 0.331 e. The van der Waals surface area contributed by atoms with Crippen molar-refractivity contribution in [1.29, 1.82) is 0 Å². The number of carboxylic acids is 1. The van der Waals surface area contributed by atoms with E-state index in [-0.39, 0.29) is 12.0 Å². The van der Waals surface area contributed by atoms with Gasteiger partial charge in [-0.2, -0.15) is 0 Å². The first-order valence-corrected chi connectivity index (χ1v) is 4.44. The van der Waals surface area contributed by atoms with Crippen molar-refractivity contribution >= 4 is 5.97 Å². The van der Waals surface area contributed by atoms with Crippen LogP contribution in [-0.2, 0) is 4.79 Å². The molecule has 0 bridgehead atoms. The summed E-state index contributed by atoms with van der Waals surface area (Å²) in [7, 11) is 0. The second-order valence-electron chi connectivity index (χ2n) is 4.04. The zero-order chi connectivity index (χ0) is 10.5. The molecule has 13 heavy (non-hydrogen) atoms. The van der Waals surface area contributed by atoms with Gasteiger partial charge in [0.05, 0.1) is 0 Å². The Bertz CT molecular complexity index is 199. The number of carboxylic acid groups (broad SMARTS) is 1. The van der Waals surface area contributed by atoms with E-state index in [2.05, 4.69) is 0 Å². The molecule has 0 fully saturated rings. The highest BCUT2D eigenvalue weighted by Gasteiger charge is 2.22. The third-order valence-corrected chi connectivity index (χ3v) is 1.75. The standard InChI is InChI=1S/C10H18O3/c1-10(2,3)8(9(12)13)6-4-5-7-11/h6,11H,4-5,7H2,1-3H3,(H,12,13). The fourth-order valence-electron chi connectivity index (χ4n) is 1.05. The minimum absolute atomic E-state index is 0.105. The molecule has 3 nitrogen and oxygen atoms in total. The summed E-state index contributed by atoms with van der Waals surface area (Å²) in [5, 5.41) is 17.4. The zero-order valence-electron chi connectivity index (χ0n) is 8.50. The van der Waals surface area contributed by atoms with Crippen LogP contribution in [0.2, 0.25) is 0 Å². The van der Waals surface area contributed by atoms with Crippen LogP contribution in [0, 0.1) is 5.41 Å². The van der Waals surface area contributed by atoms with Crippen LogP contribution in [0.4, 0.5) is 0 Å². The van der Waals surface area contributed by atoms with Crippen LogP contribution in [0.15, 0.2) is 11.6 Å². The predicted molar refractivity (Wildman–Crippen MR) is 51.5 cm³/mol. The number of hydrogen-bond donors (Lipinski definition) is 2. The fourth-order valence-corrected chi connectivity index (χ4v) is 1.05. The normalized spacial score (nSPS) is 13.1. The molecule has 0 aliphatic heterocycles. The largest absolute Gasteiger partial charge is 0.478 e. The van der Waals surface area contributed by atoms with Gasteiger partial charge in [-0.05, 0) is 18.3 Å². The number of aliphatic hydroxyl groups is 1. The van der Waals surface area contributed by atoms with E-state index in [1.807, 2.05) is 20.8 Å². The Labute approximate surface area is 79.1 Å². The summed E-state index contributed by atoms with van der Waals surface area (Å²) in [6.07, 6.45) is 2.93. The molecule has 0 atom stereocenters. The molecule has 0 spiro atoms. The molecular weight excluding hydrogens is 168 g/mol. The number of allylic oxidation sites excluding steroid dienone is 1. The van der Waals surface area contributed by atoms with E-state index < -0.39 is 5.97 Å². The highest BCUT2D eigenvalue weighted by Crippen LogP contribution is 2.25. The van der Waals surface area contributed by atoms with E-state index in [0.29, 0.717) is 18.4 Å². The lowest BCUT2D eigenvalue weighted by Crippen LogP contribution is -2.17. The zero-order valence-corrected chi connectivity index (χ0v) is 8.50. The van der Waals surface area contributed by atoms with Gasteiger partial charge in [-0.3, -0.25) is 0 Å². The lowest BCUT2D eigenvalue weighted by molar-refractivity contribution is -0.133. The first-order valence-electron chi connectivity index (χ1n) is 4.44. The third-order valence-electron chi connectivity index (χ3n) is 1.75. The van der Waals surface area contributed by atoms with Gasteiger partial charge in [0.25, 0.3) is 0 Å². The molecular formula is C10H18O3. The van der Waals surface area contributed by atoms with Crippen LogP contribution in [0.5, 0.6) is 0 Å². The molecule has 0 saturated heterocycles. The summed E-state index contributed by atoms with van der Waals surface area (Å²) in [6, 6.07) is 0. The van der Waals surface area contributed by atoms with Gasteiger partial charge in [-0.25, -0.2) is 4.79 Å². The fraction of sp³-hybridized carbons (Fsp3) is 0.700. The van der Waals surface area contributed by atoms with Crippen LogP contribution in [-0.4, -0.2) is 22.8 Å². The van der Waals surface area contributed by atoms with Crippen molar-refractivity contribution in [2.24, 2.45) is 5.41 Å². The number of hydrogen-bond acceptors (Lipinski definition) is 2. The molecule has 0 heterocycles. The van der Waals surface area contributed by atoms with E-state index in [0.717, 1.165) is 0 Å². The lowest BCUT2D eigenvalue weighted by atomic mass is 9.86. The number of carbonyl (C=O) groups is 1. The van der Waals surface area contributed by atoms with Crippen molar-refractivity contribution < 1.29 is 15.0 Å². The summed E-state index contributed by atoms with van der Waals surface area (Å²) >= 11 is 0. The summed E-state index contributed by atoms with van der Waals surface area (Å²) < 4.78 is 0. The minimum atomic E-state index is -0.870. The van der Waals surface area contributed by atoms with Gasteiger partial charge in [0.15, 0.2) is 0 Å². The Morgan fingerprint density at radius 2 is 1.92 bits per heavy atom. The second kappa shape index (κ2) is 5.02. The minimum Gasteiger partial charge on any atom is -0.478 e. The topological polar surface area (TPSA) is 57.5 Å². The summed E-state index contributed by atoms with van der Waals surface area (Å²) in [4.78, 5) is 10.8. The molecule has 76 valence electrons.